The molecule has 0 saturated carbocycles. The Hall–Kier alpha value is -0.0400. The summed E-state index contributed by atoms with van der Waals surface area (Å²) in [4.78, 5) is 0. The largest absolute Gasteiger partial charge is 0.325 e. The van der Waals surface area contributed by atoms with Gasteiger partial charge < -0.3 is 4.48 Å². The fourth-order valence-electron chi connectivity index (χ4n) is 1.34. The molecule has 1 heteroatoms. The van der Waals surface area contributed by atoms with Gasteiger partial charge in [-0.1, -0.05) is 0 Å². The molecule has 0 rings (SSSR count). The van der Waals surface area contributed by atoms with Crippen LogP contribution < -0.4 is 0 Å². The highest BCUT2D eigenvalue weighted by Gasteiger charge is 2.16. The van der Waals surface area contributed by atoms with Crippen molar-refractivity contribution in [2.24, 2.45) is 0 Å². The van der Waals surface area contributed by atoms with Crippen LogP contribution in [-0.4, -0.2) is 30.7 Å². The predicted molar refractivity (Wildman–Crippen MR) is 44.5 cm³/mol. The first-order chi connectivity index (χ1) is 4.24. The lowest BCUT2D eigenvalue weighted by Crippen LogP contribution is -2.47. The van der Waals surface area contributed by atoms with Gasteiger partial charge in [-0.15, -0.1) is 0 Å². The molecule has 0 unspecified atom stereocenters. The number of hydrogen-bond acceptors (Lipinski definition) is 0. The topological polar surface area (TPSA) is 0 Å². The molecule has 58 valence electrons. The zero-order chi connectivity index (χ0) is 7.33. The molecule has 0 atom stereocenters. The second-order valence-corrected chi connectivity index (χ2v) is 2.61. The van der Waals surface area contributed by atoms with Crippen LogP contribution >= 0.6 is 0 Å². The van der Waals surface area contributed by atoms with Crippen molar-refractivity contribution in [2.45, 2.75) is 27.7 Å². The van der Waals surface area contributed by atoms with Gasteiger partial charge in [-0.2, -0.15) is 0 Å². The van der Waals surface area contributed by atoms with Crippen LogP contribution in [0.1, 0.15) is 29.1 Å². The summed E-state index contributed by atoms with van der Waals surface area (Å²) in [6.07, 6.45) is 0. The Bertz CT molecular complexity index is 52.1. The van der Waals surface area contributed by atoms with Crippen molar-refractivity contribution in [3.63, 3.8) is 0 Å². The van der Waals surface area contributed by atoms with Crippen LogP contribution in [0, 0.1) is 0 Å². The Balaban J connectivity index is 0. The van der Waals surface area contributed by atoms with Crippen molar-refractivity contribution in [1.29, 1.82) is 0 Å². The van der Waals surface area contributed by atoms with E-state index in [1.807, 2.05) is 0 Å². The first-order valence-electron chi connectivity index (χ1n) is 4.09. The standard InChI is InChI=1S/C8H20N.H2/c1-5-9(6-2,7-3)8-4;/h5-8H2,1-4H3;1H/q+1;. The van der Waals surface area contributed by atoms with E-state index < -0.39 is 0 Å². The first-order valence-corrected chi connectivity index (χ1v) is 4.09. The molecule has 0 aromatic rings. The Morgan fingerprint density at radius 2 is 1.00 bits per heavy atom. The fourth-order valence-corrected chi connectivity index (χ4v) is 1.34. The fraction of sp³-hybridized carbons (Fsp3) is 1.00. The van der Waals surface area contributed by atoms with Gasteiger partial charge in [0, 0.05) is 1.43 Å². The van der Waals surface area contributed by atoms with Crippen molar-refractivity contribution < 1.29 is 5.91 Å². The highest BCUT2D eigenvalue weighted by molar-refractivity contribution is 4.31. The second kappa shape index (κ2) is 3.89. The van der Waals surface area contributed by atoms with E-state index in [0.29, 0.717) is 0 Å². The lowest BCUT2D eigenvalue weighted by Gasteiger charge is -2.34. The van der Waals surface area contributed by atoms with Crippen molar-refractivity contribution in [2.75, 3.05) is 26.2 Å². The van der Waals surface area contributed by atoms with Crippen LogP contribution in [-0.2, 0) is 0 Å². The summed E-state index contributed by atoms with van der Waals surface area (Å²) in [5.74, 6) is 0. The van der Waals surface area contributed by atoms with Gasteiger partial charge in [0.05, 0.1) is 26.2 Å². The molecule has 9 heavy (non-hydrogen) atoms. The molecule has 0 fully saturated rings. The number of hydrogen-bond donors (Lipinski definition) is 0. The van der Waals surface area contributed by atoms with Crippen LogP contribution in [0.2, 0.25) is 0 Å². The third-order valence-electron chi connectivity index (χ3n) is 2.68. The molecule has 0 aliphatic carbocycles. The van der Waals surface area contributed by atoms with Crippen LogP contribution in [0.15, 0.2) is 0 Å². The molecule has 0 aromatic heterocycles. The van der Waals surface area contributed by atoms with Crippen LogP contribution in [0.25, 0.3) is 0 Å². The van der Waals surface area contributed by atoms with Gasteiger partial charge in [-0.25, -0.2) is 0 Å². The smallest absolute Gasteiger partial charge is 0.0757 e. The average molecular weight is 132 g/mol. The monoisotopic (exact) mass is 132 g/mol. The second-order valence-electron chi connectivity index (χ2n) is 2.61. The van der Waals surface area contributed by atoms with E-state index in [4.69, 9.17) is 0 Å². The lowest BCUT2D eigenvalue weighted by molar-refractivity contribution is -0.921. The molecule has 0 amide bonds. The highest BCUT2D eigenvalue weighted by Crippen LogP contribution is 2.03. The van der Waals surface area contributed by atoms with Crippen LogP contribution in [0.4, 0.5) is 0 Å². The molecule has 0 aromatic carbocycles. The average Bonchev–Trinajstić information content (AvgIpc) is 1.95. The molecular formula is C8H22N+. The van der Waals surface area contributed by atoms with Gasteiger partial charge in [0.2, 0.25) is 0 Å². The van der Waals surface area contributed by atoms with Gasteiger partial charge >= 0.3 is 0 Å². The van der Waals surface area contributed by atoms with Gasteiger partial charge in [0.1, 0.15) is 0 Å². The molecule has 0 N–H and O–H groups in total. The quantitative estimate of drug-likeness (QED) is 0.514. The van der Waals surface area contributed by atoms with E-state index in [-0.39, 0.29) is 1.43 Å². The molecular weight excluding hydrogens is 110 g/mol. The minimum absolute atomic E-state index is 0. The van der Waals surface area contributed by atoms with E-state index in [2.05, 4.69) is 27.7 Å². The third-order valence-corrected chi connectivity index (χ3v) is 2.68. The summed E-state index contributed by atoms with van der Waals surface area (Å²) < 4.78 is 1.28. The minimum atomic E-state index is 0. The molecule has 0 bridgehead atoms. The van der Waals surface area contributed by atoms with Crippen molar-refractivity contribution in [3.8, 4) is 0 Å². The normalized spacial score (nSPS) is 12.0. The maximum absolute atomic E-state index is 2.27. The van der Waals surface area contributed by atoms with Crippen LogP contribution in [0.5, 0.6) is 0 Å². The van der Waals surface area contributed by atoms with Gasteiger partial charge in [0.15, 0.2) is 0 Å². The maximum atomic E-state index is 2.27. The van der Waals surface area contributed by atoms with Gasteiger partial charge in [-0.05, 0) is 27.7 Å². The number of nitrogens with zero attached hydrogens (tertiary/aromatic N) is 1. The molecule has 0 saturated heterocycles. The van der Waals surface area contributed by atoms with Crippen molar-refractivity contribution in [3.05, 3.63) is 0 Å². The maximum Gasteiger partial charge on any atom is 0.0757 e. The molecule has 0 aliphatic heterocycles. The van der Waals surface area contributed by atoms with E-state index in [1.165, 1.54) is 30.7 Å². The first kappa shape index (κ1) is 8.96. The Kier molecular flexibility index (Phi) is 3.87. The van der Waals surface area contributed by atoms with Gasteiger partial charge in [0.25, 0.3) is 0 Å². The summed E-state index contributed by atoms with van der Waals surface area (Å²) in [5.41, 5.74) is 0. The zero-order valence-corrected chi connectivity index (χ0v) is 7.28. The Morgan fingerprint density at radius 3 is 1.00 bits per heavy atom. The molecule has 0 spiro atoms. The van der Waals surface area contributed by atoms with E-state index in [1.54, 1.807) is 0 Å². The van der Waals surface area contributed by atoms with Crippen molar-refractivity contribution in [1.82, 2.24) is 0 Å². The summed E-state index contributed by atoms with van der Waals surface area (Å²) >= 11 is 0. The SMILES string of the molecule is CC[N+](CC)(CC)CC.[HH]. The van der Waals surface area contributed by atoms with Crippen LogP contribution in [0.3, 0.4) is 0 Å². The number of quaternary nitrogens is 1. The Morgan fingerprint density at radius 1 is 0.778 bits per heavy atom. The molecule has 0 heterocycles. The molecule has 0 aliphatic rings. The van der Waals surface area contributed by atoms with Crippen molar-refractivity contribution >= 4 is 0 Å². The zero-order valence-electron chi connectivity index (χ0n) is 7.28. The lowest BCUT2D eigenvalue weighted by atomic mass is 10.3. The summed E-state index contributed by atoms with van der Waals surface area (Å²) in [6.45, 7) is 14.2. The van der Waals surface area contributed by atoms with Gasteiger partial charge in [-0.3, -0.25) is 0 Å². The van der Waals surface area contributed by atoms with E-state index in [0.717, 1.165) is 0 Å². The van der Waals surface area contributed by atoms with E-state index >= 15 is 0 Å². The van der Waals surface area contributed by atoms with E-state index in [9.17, 15) is 0 Å². The summed E-state index contributed by atoms with van der Waals surface area (Å²) in [6, 6.07) is 0. The Labute approximate surface area is 60.7 Å². The minimum Gasteiger partial charge on any atom is -0.325 e. The highest BCUT2D eigenvalue weighted by atomic mass is 15.3. The molecule has 1 nitrogen and oxygen atoms in total. The summed E-state index contributed by atoms with van der Waals surface area (Å²) in [5, 5.41) is 0. The third kappa shape index (κ3) is 1.98. The predicted octanol–water partition coefficient (Wildman–Crippen LogP) is 2.13. The number of rotatable bonds is 4. The molecule has 0 radical (unpaired) electrons. The summed E-state index contributed by atoms with van der Waals surface area (Å²) in [7, 11) is 0.